The van der Waals surface area contributed by atoms with E-state index >= 15 is 0 Å². The summed E-state index contributed by atoms with van der Waals surface area (Å²) < 4.78 is 4.54. The van der Waals surface area contributed by atoms with Crippen LogP contribution in [-0.4, -0.2) is 30.8 Å². The fourth-order valence-corrected chi connectivity index (χ4v) is 2.36. The summed E-state index contributed by atoms with van der Waals surface area (Å²) in [7, 11) is 1.31. The first-order valence-corrected chi connectivity index (χ1v) is 7.17. The molecule has 0 aliphatic heterocycles. The molecule has 0 saturated heterocycles. The summed E-state index contributed by atoms with van der Waals surface area (Å²) in [6.45, 7) is 1.61. The Morgan fingerprint density at radius 3 is 2.63 bits per heavy atom. The molecule has 0 fully saturated rings. The molecule has 0 bridgehead atoms. The van der Waals surface area contributed by atoms with Crippen LogP contribution in [0.2, 0.25) is 0 Å². The molecule has 1 aromatic rings. The van der Waals surface area contributed by atoms with Gasteiger partial charge in [0.1, 0.15) is 6.04 Å². The van der Waals surface area contributed by atoms with Gasteiger partial charge in [0.15, 0.2) is 0 Å². The van der Waals surface area contributed by atoms with Crippen molar-refractivity contribution in [3.63, 3.8) is 0 Å². The summed E-state index contributed by atoms with van der Waals surface area (Å²) in [5.41, 5.74) is 0. The number of ether oxygens (including phenoxy) is 1. The number of carbonyl (C=O) groups excluding carboxylic acids is 2. The lowest BCUT2D eigenvalue weighted by Crippen LogP contribution is -2.39. The predicted octanol–water partition coefficient (Wildman–Crippen LogP) is 2.24. The van der Waals surface area contributed by atoms with Gasteiger partial charge in [-0.1, -0.05) is 18.2 Å². The van der Waals surface area contributed by atoms with Gasteiger partial charge < -0.3 is 10.1 Å². The highest BCUT2D eigenvalue weighted by molar-refractivity contribution is 7.99. The van der Waals surface area contributed by atoms with Crippen LogP contribution in [0.3, 0.4) is 0 Å². The van der Waals surface area contributed by atoms with Crippen molar-refractivity contribution in [1.82, 2.24) is 5.32 Å². The minimum absolute atomic E-state index is 0.119. The van der Waals surface area contributed by atoms with Gasteiger partial charge in [0.25, 0.3) is 0 Å². The Balaban J connectivity index is 2.15. The second kappa shape index (κ2) is 8.58. The van der Waals surface area contributed by atoms with Crippen LogP contribution < -0.4 is 5.32 Å². The standard InChI is InChI=1S/C14H19NO3S/c1-11(14(17)18-2)15-13(16)9-6-10-19-12-7-4-3-5-8-12/h3-5,7-8,11H,6,9-10H2,1-2H3,(H,15,16). The first kappa shape index (κ1) is 15.6. The van der Waals surface area contributed by atoms with Gasteiger partial charge in [0, 0.05) is 11.3 Å². The van der Waals surface area contributed by atoms with Crippen LogP contribution in [0.1, 0.15) is 19.8 Å². The molecule has 5 heteroatoms. The van der Waals surface area contributed by atoms with Crippen LogP contribution in [0, 0.1) is 0 Å². The predicted molar refractivity (Wildman–Crippen MR) is 76.0 cm³/mol. The molecule has 19 heavy (non-hydrogen) atoms. The van der Waals surface area contributed by atoms with E-state index in [1.807, 2.05) is 30.3 Å². The quantitative estimate of drug-likeness (QED) is 0.473. The van der Waals surface area contributed by atoms with Crippen LogP contribution in [0.15, 0.2) is 35.2 Å². The van der Waals surface area contributed by atoms with Crippen LogP contribution in [-0.2, 0) is 14.3 Å². The summed E-state index contributed by atoms with van der Waals surface area (Å²) in [6.07, 6.45) is 1.19. The van der Waals surface area contributed by atoms with Crippen molar-refractivity contribution in [2.45, 2.75) is 30.7 Å². The first-order valence-electron chi connectivity index (χ1n) is 6.18. The van der Waals surface area contributed by atoms with Crippen molar-refractivity contribution in [3.8, 4) is 0 Å². The summed E-state index contributed by atoms with van der Waals surface area (Å²) in [4.78, 5) is 23.9. The number of methoxy groups -OCH3 is 1. The molecule has 1 rings (SSSR count). The maximum atomic E-state index is 11.6. The van der Waals surface area contributed by atoms with Crippen molar-refractivity contribution in [1.29, 1.82) is 0 Å². The zero-order valence-electron chi connectivity index (χ0n) is 11.2. The van der Waals surface area contributed by atoms with E-state index in [-0.39, 0.29) is 5.91 Å². The van der Waals surface area contributed by atoms with Gasteiger partial charge in [0.2, 0.25) is 5.91 Å². The number of hydrogen-bond acceptors (Lipinski definition) is 4. The molecule has 1 atom stereocenters. The molecule has 0 saturated carbocycles. The molecule has 104 valence electrons. The number of rotatable bonds is 7. The lowest BCUT2D eigenvalue weighted by Gasteiger charge is -2.11. The number of hydrogen-bond donors (Lipinski definition) is 1. The van der Waals surface area contributed by atoms with E-state index in [2.05, 4.69) is 10.1 Å². The molecule has 0 aliphatic rings. The average molecular weight is 281 g/mol. The summed E-state index contributed by atoms with van der Waals surface area (Å²) in [5, 5.41) is 2.61. The molecule has 0 radical (unpaired) electrons. The smallest absolute Gasteiger partial charge is 0.328 e. The fourth-order valence-electron chi connectivity index (χ4n) is 1.49. The average Bonchev–Trinajstić information content (AvgIpc) is 2.43. The molecule has 1 N–H and O–H groups in total. The molecule has 4 nitrogen and oxygen atoms in total. The van der Waals surface area contributed by atoms with Gasteiger partial charge in [-0.25, -0.2) is 4.79 Å². The Morgan fingerprint density at radius 2 is 2.00 bits per heavy atom. The Morgan fingerprint density at radius 1 is 1.32 bits per heavy atom. The summed E-state index contributed by atoms with van der Waals surface area (Å²) in [5.74, 6) is 0.336. The monoisotopic (exact) mass is 281 g/mol. The molecule has 0 spiro atoms. The maximum Gasteiger partial charge on any atom is 0.328 e. The van der Waals surface area contributed by atoms with E-state index in [0.29, 0.717) is 6.42 Å². The van der Waals surface area contributed by atoms with Crippen molar-refractivity contribution < 1.29 is 14.3 Å². The largest absolute Gasteiger partial charge is 0.467 e. The van der Waals surface area contributed by atoms with E-state index in [1.165, 1.54) is 12.0 Å². The van der Waals surface area contributed by atoms with Crippen molar-refractivity contribution in [3.05, 3.63) is 30.3 Å². The zero-order valence-corrected chi connectivity index (χ0v) is 12.0. The lowest BCUT2D eigenvalue weighted by molar-refractivity contribution is -0.144. The van der Waals surface area contributed by atoms with E-state index in [0.717, 1.165) is 12.2 Å². The Kier molecular flexibility index (Phi) is 7.03. The lowest BCUT2D eigenvalue weighted by atomic mass is 10.3. The number of carbonyl (C=O) groups is 2. The molecule has 1 unspecified atom stereocenters. The third-order valence-corrected chi connectivity index (χ3v) is 3.59. The molecule has 1 amide bonds. The highest BCUT2D eigenvalue weighted by Crippen LogP contribution is 2.18. The third-order valence-electron chi connectivity index (χ3n) is 2.49. The number of esters is 1. The summed E-state index contributed by atoms with van der Waals surface area (Å²) >= 11 is 1.72. The maximum absolute atomic E-state index is 11.6. The Hall–Kier alpha value is -1.49. The van der Waals surface area contributed by atoms with Gasteiger partial charge in [0.05, 0.1) is 7.11 Å². The second-order valence-corrected chi connectivity index (χ2v) is 5.25. The van der Waals surface area contributed by atoms with Crippen molar-refractivity contribution in [2.24, 2.45) is 0 Å². The summed E-state index contributed by atoms with van der Waals surface area (Å²) in [6, 6.07) is 9.47. The Labute approximate surface area is 117 Å². The minimum atomic E-state index is -0.584. The van der Waals surface area contributed by atoms with Gasteiger partial charge in [-0.2, -0.15) is 0 Å². The second-order valence-electron chi connectivity index (χ2n) is 4.08. The SMILES string of the molecule is COC(=O)C(C)NC(=O)CCCSc1ccccc1. The third kappa shape index (κ3) is 6.29. The number of nitrogens with one attached hydrogen (secondary N) is 1. The molecular weight excluding hydrogens is 262 g/mol. The Bertz CT molecular complexity index is 408. The molecule has 1 aromatic carbocycles. The highest BCUT2D eigenvalue weighted by Gasteiger charge is 2.15. The van der Waals surface area contributed by atoms with E-state index in [9.17, 15) is 9.59 Å². The zero-order chi connectivity index (χ0) is 14.1. The number of amides is 1. The van der Waals surface area contributed by atoms with E-state index < -0.39 is 12.0 Å². The van der Waals surface area contributed by atoms with Crippen LogP contribution in [0.5, 0.6) is 0 Å². The van der Waals surface area contributed by atoms with Crippen LogP contribution in [0.25, 0.3) is 0 Å². The van der Waals surface area contributed by atoms with Crippen LogP contribution >= 0.6 is 11.8 Å². The van der Waals surface area contributed by atoms with Gasteiger partial charge in [-0.15, -0.1) is 11.8 Å². The normalized spacial score (nSPS) is 11.7. The van der Waals surface area contributed by atoms with E-state index in [1.54, 1.807) is 18.7 Å². The first-order chi connectivity index (χ1) is 9.13. The fraction of sp³-hybridized carbons (Fsp3) is 0.429. The molecule has 0 aliphatic carbocycles. The van der Waals surface area contributed by atoms with Gasteiger partial charge in [-0.3, -0.25) is 4.79 Å². The van der Waals surface area contributed by atoms with Crippen molar-refractivity contribution >= 4 is 23.6 Å². The molecule has 0 aromatic heterocycles. The van der Waals surface area contributed by atoms with Crippen molar-refractivity contribution in [2.75, 3.05) is 12.9 Å². The molecular formula is C14H19NO3S. The van der Waals surface area contributed by atoms with E-state index in [4.69, 9.17) is 0 Å². The topological polar surface area (TPSA) is 55.4 Å². The highest BCUT2D eigenvalue weighted by atomic mass is 32.2. The molecule has 0 heterocycles. The number of benzene rings is 1. The number of thioether (sulfide) groups is 1. The van der Waals surface area contributed by atoms with Crippen LogP contribution in [0.4, 0.5) is 0 Å². The minimum Gasteiger partial charge on any atom is -0.467 e. The van der Waals surface area contributed by atoms with Gasteiger partial charge >= 0.3 is 5.97 Å². The van der Waals surface area contributed by atoms with Gasteiger partial charge in [-0.05, 0) is 31.2 Å².